The monoisotopic (exact) mass is 255 g/mol. The fraction of sp³-hybridized carbons (Fsp3) is 1.00. The number of rotatable bonds is 4. The van der Waals surface area contributed by atoms with Gasteiger partial charge in [0.05, 0.1) is 17.3 Å². The van der Waals surface area contributed by atoms with Gasteiger partial charge < -0.3 is 5.32 Å². The standard InChI is InChI=1S/C8H17NO4S2/c1-8(3-5-15(12,13)7-8)9-4-6-14(2,10)11/h9H,3-7H2,1-2H3. The molecule has 0 amide bonds. The third-order valence-corrected chi connectivity index (χ3v) is 5.38. The molecule has 0 aromatic rings. The van der Waals surface area contributed by atoms with Crippen LogP contribution in [0.25, 0.3) is 0 Å². The Morgan fingerprint density at radius 1 is 1.40 bits per heavy atom. The van der Waals surface area contributed by atoms with Gasteiger partial charge in [-0.15, -0.1) is 0 Å². The van der Waals surface area contributed by atoms with Gasteiger partial charge in [-0.1, -0.05) is 0 Å². The minimum atomic E-state index is -2.98. The Labute approximate surface area is 91.1 Å². The Balaban J connectivity index is 2.47. The topological polar surface area (TPSA) is 80.3 Å². The zero-order valence-corrected chi connectivity index (χ0v) is 10.6. The van der Waals surface area contributed by atoms with Gasteiger partial charge in [0.25, 0.3) is 0 Å². The molecule has 0 aromatic carbocycles. The van der Waals surface area contributed by atoms with Crippen molar-refractivity contribution >= 4 is 19.7 Å². The lowest BCUT2D eigenvalue weighted by Crippen LogP contribution is -2.45. The number of sulfone groups is 2. The van der Waals surface area contributed by atoms with Crippen molar-refractivity contribution in [3.8, 4) is 0 Å². The molecule has 0 bridgehead atoms. The average molecular weight is 255 g/mol. The van der Waals surface area contributed by atoms with E-state index in [2.05, 4.69) is 5.32 Å². The molecule has 0 aliphatic carbocycles. The van der Waals surface area contributed by atoms with Gasteiger partial charge in [0.1, 0.15) is 9.84 Å². The van der Waals surface area contributed by atoms with E-state index in [1.807, 2.05) is 6.92 Å². The molecule has 7 heteroatoms. The molecule has 1 aliphatic rings. The molecule has 1 atom stereocenters. The number of nitrogens with one attached hydrogen (secondary N) is 1. The van der Waals surface area contributed by atoms with Crippen molar-refractivity contribution in [1.82, 2.24) is 5.32 Å². The van der Waals surface area contributed by atoms with E-state index in [-0.39, 0.29) is 17.3 Å². The highest BCUT2D eigenvalue weighted by molar-refractivity contribution is 7.91. The second-order valence-corrected chi connectivity index (χ2v) is 8.90. The normalized spacial score (nSPS) is 30.5. The average Bonchev–Trinajstić information content (AvgIpc) is 2.23. The molecule has 1 aliphatic heterocycles. The van der Waals surface area contributed by atoms with Crippen molar-refractivity contribution in [3.63, 3.8) is 0 Å². The Hall–Kier alpha value is -0.140. The fourth-order valence-electron chi connectivity index (χ4n) is 1.69. The van der Waals surface area contributed by atoms with Crippen LogP contribution in [-0.4, -0.2) is 52.4 Å². The van der Waals surface area contributed by atoms with Crippen LogP contribution in [0.5, 0.6) is 0 Å². The van der Waals surface area contributed by atoms with Gasteiger partial charge >= 0.3 is 0 Å². The lowest BCUT2D eigenvalue weighted by atomic mass is 10.0. The van der Waals surface area contributed by atoms with Gasteiger partial charge in [-0.25, -0.2) is 16.8 Å². The quantitative estimate of drug-likeness (QED) is 0.711. The highest BCUT2D eigenvalue weighted by Crippen LogP contribution is 2.22. The fourth-order valence-corrected chi connectivity index (χ4v) is 4.28. The van der Waals surface area contributed by atoms with Crippen LogP contribution in [0.15, 0.2) is 0 Å². The maximum absolute atomic E-state index is 11.2. The molecule has 15 heavy (non-hydrogen) atoms. The first-order valence-corrected chi connectivity index (χ1v) is 8.63. The molecule has 1 fully saturated rings. The summed E-state index contributed by atoms with van der Waals surface area (Å²) < 4.78 is 44.3. The molecule has 1 N–H and O–H groups in total. The highest BCUT2D eigenvalue weighted by atomic mass is 32.2. The maximum atomic E-state index is 11.2. The van der Waals surface area contributed by atoms with E-state index in [4.69, 9.17) is 0 Å². The van der Waals surface area contributed by atoms with Crippen molar-refractivity contribution in [2.24, 2.45) is 0 Å². The summed E-state index contributed by atoms with van der Waals surface area (Å²) in [6.07, 6.45) is 1.72. The molecule has 0 radical (unpaired) electrons. The highest BCUT2D eigenvalue weighted by Gasteiger charge is 2.37. The van der Waals surface area contributed by atoms with Crippen LogP contribution in [0.1, 0.15) is 13.3 Å². The number of hydrogen-bond donors (Lipinski definition) is 1. The lowest BCUT2D eigenvalue weighted by molar-refractivity contribution is 0.409. The summed E-state index contributed by atoms with van der Waals surface area (Å²) in [5, 5.41) is 3.01. The molecule has 1 heterocycles. The van der Waals surface area contributed by atoms with Crippen molar-refractivity contribution in [2.45, 2.75) is 18.9 Å². The minimum absolute atomic E-state index is 0.0443. The Morgan fingerprint density at radius 2 is 2.00 bits per heavy atom. The maximum Gasteiger partial charge on any atom is 0.152 e. The van der Waals surface area contributed by atoms with E-state index in [1.165, 1.54) is 6.26 Å². The third kappa shape index (κ3) is 4.48. The lowest BCUT2D eigenvalue weighted by Gasteiger charge is -2.23. The predicted octanol–water partition coefficient (Wildman–Crippen LogP) is -0.802. The second kappa shape index (κ2) is 4.03. The SMILES string of the molecule is CC1(NCCS(C)(=O)=O)CCS(=O)(=O)C1. The summed E-state index contributed by atoms with van der Waals surface area (Å²) in [4.78, 5) is 0. The van der Waals surface area contributed by atoms with Crippen LogP contribution in [0.2, 0.25) is 0 Å². The van der Waals surface area contributed by atoms with E-state index in [0.29, 0.717) is 13.0 Å². The van der Waals surface area contributed by atoms with Crippen molar-refractivity contribution in [1.29, 1.82) is 0 Å². The molecule has 1 rings (SSSR count). The smallest absolute Gasteiger partial charge is 0.152 e. The van der Waals surface area contributed by atoms with E-state index < -0.39 is 25.2 Å². The van der Waals surface area contributed by atoms with Crippen molar-refractivity contribution < 1.29 is 16.8 Å². The predicted molar refractivity (Wildman–Crippen MR) is 59.4 cm³/mol. The largest absolute Gasteiger partial charge is 0.309 e. The van der Waals surface area contributed by atoms with E-state index >= 15 is 0 Å². The first-order chi connectivity index (χ1) is 6.62. The summed E-state index contributed by atoms with van der Waals surface area (Å²) in [5.74, 6) is 0.335. The zero-order valence-electron chi connectivity index (χ0n) is 8.99. The molecule has 1 saturated heterocycles. The van der Waals surface area contributed by atoms with Crippen LogP contribution in [-0.2, 0) is 19.7 Å². The summed E-state index contributed by atoms with van der Waals surface area (Å²) >= 11 is 0. The van der Waals surface area contributed by atoms with Crippen LogP contribution < -0.4 is 5.32 Å². The van der Waals surface area contributed by atoms with Crippen LogP contribution in [0.4, 0.5) is 0 Å². The van der Waals surface area contributed by atoms with Gasteiger partial charge in [-0.05, 0) is 13.3 Å². The van der Waals surface area contributed by atoms with Crippen molar-refractivity contribution in [3.05, 3.63) is 0 Å². The first kappa shape index (κ1) is 12.9. The molecule has 0 saturated carbocycles. The van der Waals surface area contributed by atoms with Gasteiger partial charge in [0, 0.05) is 18.3 Å². The van der Waals surface area contributed by atoms with Crippen LogP contribution in [0.3, 0.4) is 0 Å². The van der Waals surface area contributed by atoms with Gasteiger partial charge in [-0.3, -0.25) is 0 Å². The van der Waals surface area contributed by atoms with E-state index in [1.54, 1.807) is 0 Å². The third-order valence-electron chi connectivity index (χ3n) is 2.53. The van der Waals surface area contributed by atoms with E-state index in [0.717, 1.165) is 0 Å². The molecular weight excluding hydrogens is 238 g/mol. The summed E-state index contributed by atoms with van der Waals surface area (Å²) in [7, 11) is -5.92. The van der Waals surface area contributed by atoms with Crippen LogP contribution in [0, 0.1) is 0 Å². The summed E-state index contributed by atoms with van der Waals surface area (Å²) in [5.41, 5.74) is -0.455. The number of hydrogen-bond acceptors (Lipinski definition) is 5. The molecule has 0 spiro atoms. The summed E-state index contributed by atoms with van der Waals surface area (Å²) in [6.45, 7) is 2.13. The minimum Gasteiger partial charge on any atom is -0.309 e. The zero-order chi connectivity index (χ0) is 11.7. The molecule has 0 aromatic heterocycles. The van der Waals surface area contributed by atoms with Gasteiger partial charge in [0.15, 0.2) is 9.84 Å². The molecule has 1 unspecified atom stereocenters. The molecular formula is C8H17NO4S2. The van der Waals surface area contributed by atoms with Gasteiger partial charge in [0.2, 0.25) is 0 Å². The van der Waals surface area contributed by atoms with Crippen molar-refractivity contribution in [2.75, 3.05) is 30.1 Å². The summed E-state index contributed by atoms with van der Waals surface area (Å²) in [6, 6.07) is 0. The first-order valence-electron chi connectivity index (χ1n) is 4.75. The van der Waals surface area contributed by atoms with Crippen LogP contribution >= 0.6 is 0 Å². The Morgan fingerprint density at radius 3 is 2.40 bits per heavy atom. The van der Waals surface area contributed by atoms with Gasteiger partial charge in [-0.2, -0.15) is 0 Å². The van der Waals surface area contributed by atoms with E-state index in [9.17, 15) is 16.8 Å². The Bertz CT molecular complexity index is 426. The molecule has 5 nitrogen and oxygen atoms in total. The second-order valence-electron chi connectivity index (χ2n) is 4.46. The molecule has 90 valence electrons. The Kier molecular flexibility index (Phi) is 3.47.